The van der Waals surface area contributed by atoms with Crippen molar-refractivity contribution < 1.29 is 9.90 Å². The Bertz CT molecular complexity index is 363. The molecule has 0 spiro atoms. The van der Waals surface area contributed by atoms with Gasteiger partial charge in [-0.25, -0.2) is 0 Å². The van der Waals surface area contributed by atoms with Crippen LogP contribution in [0.3, 0.4) is 0 Å². The van der Waals surface area contributed by atoms with Crippen LogP contribution in [-0.2, 0) is 11.8 Å². The molecule has 1 saturated heterocycles. The van der Waals surface area contributed by atoms with Gasteiger partial charge in [0.1, 0.15) is 6.04 Å². The van der Waals surface area contributed by atoms with Crippen molar-refractivity contribution in [3.63, 3.8) is 0 Å². The van der Waals surface area contributed by atoms with Gasteiger partial charge in [-0.3, -0.25) is 9.48 Å². The summed E-state index contributed by atoms with van der Waals surface area (Å²) in [5.41, 5.74) is 0.884. The van der Waals surface area contributed by atoms with E-state index in [4.69, 9.17) is 5.11 Å². The van der Waals surface area contributed by atoms with Crippen LogP contribution >= 0.6 is 0 Å². The Balaban J connectivity index is 2.25. The number of hydrogen-bond donors (Lipinski definition) is 2. The van der Waals surface area contributed by atoms with E-state index < -0.39 is 12.0 Å². The van der Waals surface area contributed by atoms with Crippen LogP contribution in [-0.4, -0.2) is 38.7 Å². The highest BCUT2D eigenvalue weighted by atomic mass is 16.4. The first-order valence-corrected chi connectivity index (χ1v) is 5.01. The fraction of sp³-hybridized carbons (Fsp3) is 0.667. The molecule has 2 atom stereocenters. The highest BCUT2D eigenvalue weighted by molar-refractivity contribution is 5.75. The van der Waals surface area contributed by atoms with E-state index in [1.165, 1.54) is 0 Å². The topological polar surface area (TPSA) is 80.0 Å². The molecular formula is C9H14N4O2. The van der Waals surface area contributed by atoms with Gasteiger partial charge in [-0.2, -0.15) is 0 Å². The second-order valence-electron chi connectivity index (χ2n) is 3.80. The van der Waals surface area contributed by atoms with E-state index in [2.05, 4.69) is 15.6 Å². The van der Waals surface area contributed by atoms with Gasteiger partial charge in [0.05, 0.1) is 11.9 Å². The van der Waals surface area contributed by atoms with Crippen LogP contribution in [0.5, 0.6) is 0 Å². The zero-order chi connectivity index (χ0) is 10.8. The summed E-state index contributed by atoms with van der Waals surface area (Å²) >= 11 is 0. The van der Waals surface area contributed by atoms with Gasteiger partial charge in [0.25, 0.3) is 0 Å². The maximum atomic E-state index is 11.1. The highest BCUT2D eigenvalue weighted by Gasteiger charge is 2.33. The van der Waals surface area contributed by atoms with E-state index in [9.17, 15) is 4.79 Å². The second kappa shape index (κ2) is 3.98. The van der Waals surface area contributed by atoms with Crippen molar-refractivity contribution >= 4 is 5.97 Å². The number of rotatable bonds is 2. The minimum Gasteiger partial charge on any atom is -0.480 e. The van der Waals surface area contributed by atoms with E-state index in [1.807, 2.05) is 0 Å². The summed E-state index contributed by atoms with van der Waals surface area (Å²) in [5, 5.41) is 19.7. The summed E-state index contributed by atoms with van der Waals surface area (Å²) in [7, 11) is 1.79. The molecule has 2 rings (SSSR count). The van der Waals surface area contributed by atoms with Crippen LogP contribution in [0.15, 0.2) is 6.20 Å². The second-order valence-corrected chi connectivity index (χ2v) is 3.80. The monoisotopic (exact) mass is 210 g/mol. The standard InChI is InChI=1S/C9H14N4O2/c1-13-7(5-11-12-13)6-3-2-4-10-8(6)9(14)15/h5-6,8,10H,2-4H2,1H3,(H,14,15). The molecule has 82 valence electrons. The van der Waals surface area contributed by atoms with E-state index in [1.54, 1.807) is 17.9 Å². The van der Waals surface area contributed by atoms with Crippen molar-refractivity contribution in [2.24, 2.45) is 7.05 Å². The molecule has 6 nitrogen and oxygen atoms in total. The van der Waals surface area contributed by atoms with Crippen LogP contribution < -0.4 is 5.32 Å². The van der Waals surface area contributed by atoms with Crippen LogP contribution in [0.2, 0.25) is 0 Å². The van der Waals surface area contributed by atoms with Crippen LogP contribution in [0.4, 0.5) is 0 Å². The van der Waals surface area contributed by atoms with Gasteiger partial charge in [-0.15, -0.1) is 5.10 Å². The molecule has 0 aliphatic carbocycles. The molecule has 1 aliphatic heterocycles. The molecule has 0 bridgehead atoms. The number of carbonyl (C=O) groups is 1. The number of nitrogens with zero attached hydrogens (tertiary/aromatic N) is 3. The molecule has 6 heteroatoms. The summed E-state index contributed by atoms with van der Waals surface area (Å²) in [6.45, 7) is 0.763. The first-order chi connectivity index (χ1) is 7.20. The van der Waals surface area contributed by atoms with Crippen LogP contribution in [0, 0.1) is 0 Å². The van der Waals surface area contributed by atoms with Crippen molar-refractivity contribution in [1.29, 1.82) is 0 Å². The molecule has 0 radical (unpaired) electrons. The van der Waals surface area contributed by atoms with Crippen molar-refractivity contribution in [3.8, 4) is 0 Å². The summed E-state index contributed by atoms with van der Waals surface area (Å²) in [5.74, 6) is -0.836. The maximum absolute atomic E-state index is 11.1. The molecule has 0 aromatic carbocycles. The number of piperidine rings is 1. The Morgan fingerprint density at radius 1 is 1.73 bits per heavy atom. The number of aryl methyl sites for hydroxylation is 1. The quantitative estimate of drug-likeness (QED) is 0.702. The fourth-order valence-corrected chi connectivity index (χ4v) is 2.10. The molecule has 1 aromatic rings. The minimum atomic E-state index is -0.805. The number of carboxylic acid groups (broad SMARTS) is 1. The number of nitrogens with one attached hydrogen (secondary N) is 1. The Kier molecular flexibility index (Phi) is 2.68. The predicted octanol–water partition coefficient (Wildman–Crippen LogP) is -0.265. The highest BCUT2D eigenvalue weighted by Crippen LogP contribution is 2.26. The Morgan fingerprint density at radius 3 is 3.13 bits per heavy atom. The summed E-state index contributed by atoms with van der Waals surface area (Å²) in [4.78, 5) is 11.1. The lowest BCUT2D eigenvalue weighted by Gasteiger charge is -2.29. The molecule has 1 aliphatic rings. The molecule has 0 amide bonds. The van der Waals surface area contributed by atoms with Gasteiger partial charge >= 0.3 is 5.97 Å². The summed E-state index contributed by atoms with van der Waals surface area (Å²) in [6, 6.07) is -0.518. The Morgan fingerprint density at radius 2 is 2.53 bits per heavy atom. The Hall–Kier alpha value is -1.43. The van der Waals surface area contributed by atoms with E-state index >= 15 is 0 Å². The number of hydrogen-bond acceptors (Lipinski definition) is 4. The van der Waals surface area contributed by atoms with E-state index in [0.717, 1.165) is 25.1 Å². The third kappa shape index (κ3) is 1.85. The molecule has 1 fully saturated rings. The predicted molar refractivity (Wildman–Crippen MR) is 52.4 cm³/mol. The lowest BCUT2D eigenvalue weighted by molar-refractivity contribution is -0.140. The first-order valence-electron chi connectivity index (χ1n) is 5.01. The third-order valence-corrected chi connectivity index (χ3v) is 2.85. The van der Waals surface area contributed by atoms with Crippen molar-refractivity contribution in [3.05, 3.63) is 11.9 Å². The zero-order valence-electron chi connectivity index (χ0n) is 8.55. The van der Waals surface area contributed by atoms with E-state index in [-0.39, 0.29) is 5.92 Å². The summed E-state index contributed by atoms with van der Waals surface area (Å²) in [6.07, 6.45) is 3.50. The number of aromatic nitrogens is 3. The Labute approximate surface area is 87.3 Å². The first kappa shape index (κ1) is 10.1. The van der Waals surface area contributed by atoms with Gasteiger partial charge in [0.15, 0.2) is 0 Å². The lowest BCUT2D eigenvalue weighted by Crippen LogP contribution is -2.46. The smallest absolute Gasteiger partial charge is 0.321 e. The largest absolute Gasteiger partial charge is 0.480 e. The van der Waals surface area contributed by atoms with Crippen LogP contribution in [0.1, 0.15) is 24.5 Å². The average Bonchev–Trinajstić information content (AvgIpc) is 2.64. The van der Waals surface area contributed by atoms with Gasteiger partial charge < -0.3 is 10.4 Å². The van der Waals surface area contributed by atoms with E-state index in [0.29, 0.717) is 0 Å². The zero-order valence-corrected chi connectivity index (χ0v) is 8.55. The number of aliphatic carboxylic acids is 1. The minimum absolute atomic E-state index is 0.0313. The van der Waals surface area contributed by atoms with Crippen molar-refractivity contribution in [2.75, 3.05) is 6.54 Å². The maximum Gasteiger partial charge on any atom is 0.321 e. The third-order valence-electron chi connectivity index (χ3n) is 2.85. The van der Waals surface area contributed by atoms with Gasteiger partial charge in [-0.1, -0.05) is 5.21 Å². The molecular weight excluding hydrogens is 196 g/mol. The molecule has 2 heterocycles. The van der Waals surface area contributed by atoms with Crippen LogP contribution in [0.25, 0.3) is 0 Å². The molecule has 0 saturated carbocycles. The van der Waals surface area contributed by atoms with Gasteiger partial charge in [0, 0.05) is 13.0 Å². The molecule has 1 aromatic heterocycles. The van der Waals surface area contributed by atoms with Gasteiger partial charge in [-0.05, 0) is 19.4 Å². The number of carboxylic acids is 1. The van der Waals surface area contributed by atoms with Crippen molar-refractivity contribution in [2.45, 2.75) is 24.8 Å². The SMILES string of the molecule is Cn1nncc1C1CCCNC1C(=O)O. The van der Waals surface area contributed by atoms with Crippen molar-refractivity contribution in [1.82, 2.24) is 20.3 Å². The molecule has 2 unspecified atom stereocenters. The summed E-state index contributed by atoms with van der Waals surface area (Å²) < 4.78 is 1.65. The average molecular weight is 210 g/mol. The fourth-order valence-electron chi connectivity index (χ4n) is 2.10. The molecule has 2 N–H and O–H groups in total. The lowest BCUT2D eigenvalue weighted by atomic mass is 9.88. The normalized spacial score (nSPS) is 26.5. The molecule has 15 heavy (non-hydrogen) atoms. The van der Waals surface area contributed by atoms with Gasteiger partial charge in [0.2, 0.25) is 0 Å².